The Kier molecular flexibility index (Phi) is 6.21. The van der Waals surface area contributed by atoms with Crippen molar-refractivity contribution in [1.82, 2.24) is 15.2 Å². The summed E-state index contributed by atoms with van der Waals surface area (Å²) in [6.45, 7) is 13.0. The van der Waals surface area contributed by atoms with E-state index in [0.717, 1.165) is 51.5 Å². The average molecular weight is 408 g/mol. The third kappa shape index (κ3) is 4.73. The zero-order chi connectivity index (χ0) is 21.1. The second-order valence-electron chi connectivity index (χ2n) is 9.82. The van der Waals surface area contributed by atoms with Gasteiger partial charge in [-0.15, -0.1) is 0 Å². The van der Waals surface area contributed by atoms with Crippen LogP contribution in [0.4, 0.5) is 0 Å². The highest BCUT2D eigenvalue weighted by Gasteiger charge is 2.59. The number of aromatic nitrogens is 1. The van der Waals surface area contributed by atoms with Crippen LogP contribution >= 0.6 is 0 Å². The van der Waals surface area contributed by atoms with Crippen LogP contribution in [-0.4, -0.2) is 48.5 Å². The molecular weight excluding hydrogens is 372 g/mol. The second kappa shape index (κ2) is 8.86. The Morgan fingerprint density at radius 1 is 1.23 bits per heavy atom. The number of hydrogen-bond donors (Lipinski definition) is 2. The van der Waals surface area contributed by atoms with Crippen molar-refractivity contribution in [2.75, 3.05) is 32.7 Å². The molecule has 0 saturated carbocycles. The molecule has 2 aliphatic heterocycles. The van der Waals surface area contributed by atoms with E-state index >= 15 is 0 Å². The van der Waals surface area contributed by atoms with Gasteiger partial charge >= 0.3 is 0 Å². The van der Waals surface area contributed by atoms with Gasteiger partial charge in [0.25, 0.3) is 0 Å². The molecule has 0 aliphatic carbocycles. The van der Waals surface area contributed by atoms with E-state index in [9.17, 15) is 4.79 Å². The summed E-state index contributed by atoms with van der Waals surface area (Å²) in [4.78, 5) is 21.6. The van der Waals surface area contributed by atoms with E-state index in [4.69, 9.17) is 0 Å². The molecular formula is C25H35N4O+. The molecule has 3 heterocycles. The summed E-state index contributed by atoms with van der Waals surface area (Å²) in [5.41, 5.74) is 3.75. The highest BCUT2D eigenvalue weighted by molar-refractivity contribution is 5.80. The Labute approximate surface area is 180 Å². The van der Waals surface area contributed by atoms with Crippen molar-refractivity contribution in [3.05, 3.63) is 65.5 Å². The maximum Gasteiger partial charge on any atom is 0.229 e. The third-order valence-electron chi connectivity index (χ3n) is 6.57. The minimum atomic E-state index is 0.0931. The number of nitrogens with one attached hydrogen (secondary N) is 2. The fraction of sp³-hybridized carbons (Fsp3) is 0.520. The molecule has 0 radical (unpaired) electrons. The first kappa shape index (κ1) is 21.0. The molecule has 5 heteroatoms. The lowest BCUT2D eigenvalue weighted by atomic mass is 9.71. The van der Waals surface area contributed by atoms with Crippen molar-refractivity contribution in [3.63, 3.8) is 0 Å². The lowest BCUT2D eigenvalue weighted by Gasteiger charge is -2.48. The minimum Gasteiger partial charge on any atom is -0.355 e. The van der Waals surface area contributed by atoms with Gasteiger partial charge in [-0.1, -0.05) is 50.2 Å². The Balaban J connectivity index is 1.43. The fourth-order valence-electron chi connectivity index (χ4n) is 5.13. The van der Waals surface area contributed by atoms with Crippen LogP contribution in [0.5, 0.6) is 0 Å². The van der Waals surface area contributed by atoms with Crippen LogP contribution in [-0.2, 0) is 17.9 Å². The molecule has 2 atom stereocenters. The van der Waals surface area contributed by atoms with E-state index < -0.39 is 0 Å². The summed E-state index contributed by atoms with van der Waals surface area (Å²) in [6.07, 6.45) is 1.94. The summed E-state index contributed by atoms with van der Waals surface area (Å²) >= 11 is 0. The summed E-state index contributed by atoms with van der Waals surface area (Å²) < 4.78 is 0. The monoisotopic (exact) mass is 407 g/mol. The summed E-state index contributed by atoms with van der Waals surface area (Å²) in [5, 5.41) is 3.22. The normalized spacial score (nSPS) is 22.9. The highest BCUT2D eigenvalue weighted by atomic mass is 16.2. The number of quaternary nitrogens is 1. The molecule has 4 rings (SSSR count). The van der Waals surface area contributed by atoms with Crippen LogP contribution in [0, 0.1) is 24.2 Å². The van der Waals surface area contributed by atoms with Crippen LogP contribution in [0.1, 0.15) is 30.7 Å². The van der Waals surface area contributed by atoms with Gasteiger partial charge in [-0.25, -0.2) is 0 Å². The number of hydrogen-bond acceptors (Lipinski definition) is 3. The van der Waals surface area contributed by atoms with Crippen LogP contribution in [0.15, 0.2) is 48.7 Å². The van der Waals surface area contributed by atoms with E-state index in [-0.39, 0.29) is 17.2 Å². The zero-order valence-electron chi connectivity index (χ0n) is 18.5. The number of rotatable bonds is 7. The number of pyridine rings is 1. The molecule has 1 aromatic heterocycles. The minimum absolute atomic E-state index is 0.0931. The van der Waals surface area contributed by atoms with Gasteiger partial charge in [-0.3, -0.25) is 14.7 Å². The lowest BCUT2D eigenvalue weighted by molar-refractivity contribution is -0.905. The van der Waals surface area contributed by atoms with Gasteiger partial charge in [0.15, 0.2) is 0 Å². The van der Waals surface area contributed by atoms with Crippen molar-refractivity contribution in [3.8, 4) is 0 Å². The van der Waals surface area contributed by atoms with Crippen LogP contribution < -0.4 is 10.2 Å². The van der Waals surface area contributed by atoms with Gasteiger partial charge in [0, 0.05) is 37.9 Å². The SMILES string of the molecule is Cc1ccc(CN2CC3(C2)C[NH+](Cc2ccccc2)C[C@H]3C(=O)NCC(C)C)nc1. The molecule has 2 aromatic rings. The average Bonchev–Trinajstić information content (AvgIpc) is 3.07. The van der Waals surface area contributed by atoms with Crippen molar-refractivity contribution in [1.29, 1.82) is 0 Å². The van der Waals surface area contributed by atoms with Crippen LogP contribution in [0.3, 0.4) is 0 Å². The van der Waals surface area contributed by atoms with Gasteiger partial charge in [-0.05, 0) is 24.5 Å². The van der Waals surface area contributed by atoms with Gasteiger partial charge in [0.2, 0.25) is 5.91 Å². The second-order valence-corrected chi connectivity index (χ2v) is 9.82. The van der Waals surface area contributed by atoms with Crippen molar-refractivity contribution in [2.45, 2.75) is 33.9 Å². The van der Waals surface area contributed by atoms with Crippen molar-refractivity contribution in [2.24, 2.45) is 17.3 Å². The third-order valence-corrected chi connectivity index (χ3v) is 6.57. The van der Waals surface area contributed by atoms with E-state index in [2.05, 4.69) is 78.4 Å². The smallest absolute Gasteiger partial charge is 0.229 e. The molecule has 2 N–H and O–H groups in total. The van der Waals surface area contributed by atoms with Crippen molar-refractivity contribution < 1.29 is 9.69 Å². The Hall–Kier alpha value is -2.24. The summed E-state index contributed by atoms with van der Waals surface area (Å²) in [5.74, 6) is 0.821. The first-order valence-corrected chi connectivity index (χ1v) is 11.2. The number of aryl methyl sites for hydroxylation is 1. The summed E-state index contributed by atoms with van der Waals surface area (Å²) in [6, 6.07) is 14.9. The van der Waals surface area contributed by atoms with E-state index in [0.29, 0.717) is 5.92 Å². The maximum atomic E-state index is 13.1. The molecule has 2 aliphatic rings. The first-order chi connectivity index (χ1) is 14.4. The number of nitrogens with zero attached hydrogens (tertiary/aromatic N) is 2. The molecule has 160 valence electrons. The number of benzene rings is 1. The van der Waals surface area contributed by atoms with Crippen molar-refractivity contribution >= 4 is 5.91 Å². The molecule has 1 spiro atoms. The van der Waals surface area contributed by atoms with Crippen LogP contribution in [0.2, 0.25) is 0 Å². The first-order valence-electron chi connectivity index (χ1n) is 11.2. The standard InChI is InChI=1S/C25H34N4O/c1-19(2)11-27-24(30)23-15-28(13-21-7-5-4-6-8-21)16-25(23)17-29(18-25)14-22-10-9-20(3)12-26-22/h4-10,12,19,23H,11,13-18H2,1-3H3,(H,27,30)/p+1/t23-/m0/s1. The molecule has 1 aromatic carbocycles. The molecule has 5 nitrogen and oxygen atoms in total. The predicted molar refractivity (Wildman–Crippen MR) is 119 cm³/mol. The number of carbonyl (C=O) groups excluding carboxylic acids is 1. The molecule has 2 fully saturated rings. The van der Waals surface area contributed by atoms with Gasteiger partial charge in [0.1, 0.15) is 12.5 Å². The molecule has 1 unspecified atom stereocenters. The van der Waals surface area contributed by atoms with Gasteiger partial charge < -0.3 is 10.2 Å². The lowest BCUT2D eigenvalue weighted by Crippen LogP contribution is -3.09. The topological polar surface area (TPSA) is 49.7 Å². The predicted octanol–water partition coefficient (Wildman–Crippen LogP) is 1.68. The number of likely N-dealkylation sites (tertiary alicyclic amines) is 2. The molecule has 1 amide bonds. The largest absolute Gasteiger partial charge is 0.355 e. The molecule has 2 saturated heterocycles. The maximum absolute atomic E-state index is 13.1. The Bertz CT molecular complexity index is 843. The Morgan fingerprint density at radius 2 is 2.00 bits per heavy atom. The summed E-state index contributed by atoms with van der Waals surface area (Å²) in [7, 11) is 0. The Morgan fingerprint density at radius 3 is 2.67 bits per heavy atom. The van der Waals surface area contributed by atoms with E-state index in [1.54, 1.807) is 0 Å². The van der Waals surface area contributed by atoms with E-state index in [1.807, 2.05) is 6.20 Å². The molecule has 30 heavy (non-hydrogen) atoms. The van der Waals surface area contributed by atoms with E-state index in [1.165, 1.54) is 16.0 Å². The number of amides is 1. The highest BCUT2D eigenvalue weighted by Crippen LogP contribution is 2.40. The molecule has 0 bridgehead atoms. The number of carbonyl (C=O) groups is 1. The van der Waals surface area contributed by atoms with Gasteiger partial charge in [0.05, 0.1) is 24.2 Å². The van der Waals surface area contributed by atoms with Crippen LogP contribution in [0.25, 0.3) is 0 Å². The zero-order valence-corrected chi connectivity index (χ0v) is 18.5. The van der Waals surface area contributed by atoms with Gasteiger partial charge in [-0.2, -0.15) is 0 Å². The quantitative estimate of drug-likeness (QED) is 0.734. The fourth-order valence-corrected chi connectivity index (χ4v) is 5.13.